The van der Waals surface area contributed by atoms with E-state index in [4.69, 9.17) is 0 Å². The van der Waals surface area contributed by atoms with E-state index in [0.29, 0.717) is 5.69 Å². The molecule has 0 radical (unpaired) electrons. The number of hydrogen-bond acceptors (Lipinski definition) is 4. The van der Waals surface area contributed by atoms with E-state index in [2.05, 4.69) is 10.3 Å². The van der Waals surface area contributed by atoms with Gasteiger partial charge >= 0.3 is 0 Å². The second-order valence-corrected chi connectivity index (χ2v) is 6.53. The highest BCUT2D eigenvalue weighted by molar-refractivity contribution is 7.91. The number of halogens is 1. The van der Waals surface area contributed by atoms with Crippen LogP contribution in [-0.4, -0.2) is 25.1 Å². The number of sulfone groups is 1. The molecule has 0 aliphatic rings. The Bertz CT molecular complexity index is 741. The first-order chi connectivity index (χ1) is 9.92. The maximum Gasteiger partial charge on any atom is 0.257 e. The highest BCUT2D eigenvalue weighted by Crippen LogP contribution is 2.16. The Morgan fingerprint density at radius 2 is 1.86 bits per heavy atom. The van der Waals surface area contributed by atoms with Crippen LogP contribution in [0.3, 0.4) is 0 Å². The number of carbonyl (C=O) groups excluding carboxylic acids is 1. The summed E-state index contributed by atoms with van der Waals surface area (Å²) in [4.78, 5) is 15.5. The molecular weight excluding hydrogens is 295 g/mol. The van der Waals surface area contributed by atoms with Crippen LogP contribution in [0.1, 0.15) is 17.3 Å². The summed E-state index contributed by atoms with van der Waals surface area (Å²) in [5, 5.41) is 2.58. The van der Waals surface area contributed by atoms with Crippen molar-refractivity contribution in [2.45, 2.75) is 11.8 Å². The molecule has 0 atom stereocenters. The third-order valence-corrected chi connectivity index (χ3v) is 4.59. The lowest BCUT2D eigenvalue weighted by Gasteiger charge is -2.06. The smallest absolute Gasteiger partial charge is 0.257 e. The molecular formula is C14H13FN2O3S. The van der Waals surface area contributed by atoms with Crippen LogP contribution in [0.5, 0.6) is 0 Å². The van der Waals surface area contributed by atoms with Crippen LogP contribution in [0.2, 0.25) is 0 Å². The highest BCUT2D eigenvalue weighted by atomic mass is 32.2. The van der Waals surface area contributed by atoms with E-state index >= 15 is 0 Å². The van der Waals surface area contributed by atoms with Gasteiger partial charge in [0.2, 0.25) is 5.95 Å². The van der Waals surface area contributed by atoms with E-state index < -0.39 is 21.7 Å². The SMILES string of the molecule is CCS(=O)(=O)c1ccc(NC(=O)c2ccc(F)nc2)cc1. The van der Waals surface area contributed by atoms with E-state index in [1.165, 1.54) is 30.3 Å². The molecule has 1 N–H and O–H groups in total. The monoisotopic (exact) mass is 308 g/mol. The van der Waals surface area contributed by atoms with Gasteiger partial charge in [0.05, 0.1) is 16.2 Å². The molecule has 5 nitrogen and oxygen atoms in total. The van der Waals surface area contributed by atoms with Gasteiger partial charge in [0.1, 0.15) is 0 Å². The van der Waals surface area contributed by atoms with E-state index in [1.807, 2.05) is 0 Å². The molecule has 2 rings (SSSR count). The minimum Gasteiger partial charge on any atom is -0.322 e. The Labute approximate surface area is 121 Å². The Morgan fingerprint density at radius 3 is 2.38 bits per heavy atom. The van der Waals surface area contributed by atoms with Crippen LogP contribution < -0.4 is 5.32 Å². The van der Waals surface area contributed by atoms with Crippen molar-refractivity contribution < 1.29 is 17.6 Å². The number of carbonyl (C=O) groups is 1. The Kier molecular flexibility index (Phi) is 4.32. The van der Waals surface area contributed by atoms with Crippen molar-refractivity contribution in [3.8, 4) is 0 Å². The van der Waals surface area contributed by atoms with Gasteiger partial charge in [0.15, 0.2) is 9.84 Å². The van der Waals surface area contributed by atoms with E-state index in [-0.39, 0.29) is 16.2 Å². The molecule has 0 spiro atoms. The van der Waals surface area contributed by atoms with Crippen LogP contribution in [0.4, 0.5) is 10.1 Å². The molecule has 1 heterocycles. The first-order valence-electron chi connectivity index (χ1n) is 6.18. The van der Waals surface area contributed by atoms with Gasteiger partial charge in [-0.05, 0) is 36.4 Å². The second-order valence-electron chi connectivity index (χ2n) is 4.25. The van der Waals surface area contributed by atoms with Gasteiger partial charge in [0, 0.05) is 11.9 Å². The third kappa shape index (κ3) is 3.63. The lowest BCUT2D eigenvalue weighted by atomic mass is 10.2. The van der Waals surface area contributed by atoms with Crippen LogP contribution in [0.15, 0.2) is 47.5 Å². The largest absolute Gasteiger partial charge is 0.322 e. The first-order valence-corrected chi connectivity index (χ1v) is 7.83. The number of nitrogens with one attached hydrogen (secondary N) is 1. The van der Waals surface area contributed by atoms with Crippen LogP contribution in [0, 0.1) is 5.95 Å². The van der Waals surface area contributed by atoms with E-state index in [0.717, 1.165) is 12.3 Å². The number of rotatable bonds is 4. The quantitative estimate of drug-likeness (QED) is 0.879. The Balaban J connectivity index is 2.13. The van der Waals surface area contributed by atoms with Gasteiger partial charge in [-0.25, -0.2) is 13.4 Å². The molecule has 0 fully saturated rings. The number of amides is 1. The number of hydrogen-bond donors (Lipinski definition) is 1. The summed E-state index contributed by atoms with van der Waals surface area (Å²) >= 11 is 0. The van der Waals surface area contributed by atoms with E-state index in [9.17, 15) is 17.6 Å². The Hall–Kier alpha value is -2.28. The topological polar surface area (TPSA) is 76.1 Å². The maximum atomic E-state index is 12.7. The molecule has 21 heavy (non-hydrogen) atoms. The highest BCUT2D eigenvalue weighted by Gasteiger charge is 2.12. The molecule has 0 saturated heterocycles. The Morgan fingerprint density at radius 1 is 1.19 bits per heavy atom. The fraction of sp³-hybridized carbons (Fsp3) is 0.143. The fourth-order valence-electron chi connectivity index (χ4n) is 1.63. The summed E-state index contributed by atoms with van der Waals surface area (Å²) in [5.41, 5.74) is 0.654. The van der Waals surface area contributed by atoms with Gasteiger partial charge in [-0.15, -0.1) is 0 Å². The van der Waals surface area contributed by atoms with Gasteiger partial charge < -0.3 is 5.32 Å². The normalized spacial score (nSPS) is 11.1. The van der Waals surface area contributed by atoms with Crippen molar-refractivity contribution in [3.63, 3.8) is 0 Å². The summed E-state index contributed by atoms with van der Waals surface area (Å²) in [7, 11) is -3.26. The summed E-state index contributed by atoms with van der Waals surface area (Å²) < 4.78 is 36.0. The molecule has 0 saturated carbocycles. The standard InChI is InChI=1S/C14H13FN2O3S/c1-2-21(19,20)12-6-4-11(5-7-12)17-14(18)10-3-8-13(15)16-9-10/h3-9H,2H2,1H3,(H,17,18). The predicted molar refractivity (Wildman–Crippen MR) is 76.3 cm³/mol. The zero-order valence-corrected chi connectivity index (χ0v) is 12.0. The van der Waals surface area contributed by atoms with Crippen LogP contribution in [-0.2, 0) is 9.84 Å². The van der Waals surface area contributed by atoms with Crippen molar-refractivity contribution in [1.82, 2.24) is 4.98 Å². The molecule has 0 aliphatic carbocycles. The van der Waals surface area contributed by atoms with Crippen LogP contribution >= 0.6 is 0 Å². The van der Waals surface area contributed by atoms with Gasteiger partial charge in [-0.2, -0.15) is 4.39 Å². The predicted octanol–water partition coefficient (Wildman–Crippen LogP) is 2.27. The molecule has 0 aliphatic heterocycles. The average molecular weight is 308 g/mol. The fourth-order valence-corrected chi connectivity index (χ4v) is 2.51. The number of anilines is 1. The van der Waals surface area contributed by atoms with Gasteiger partial charge in [0.25, 0.3) is 5.91 Å². The first kappa shape index (κ1) is 15.1. The number of nitrogens with zero attached hydrogens (tertiary/aromatic N) is 1. The summed E-state index contributed by atoms with van der Waals surface area (Å²) in [6.07, 6.45) is 1.13. The molecule has 110 valence electrons. The number of benzene rings is 1. The molecule has 1 aromatic carbocycles. The third-order valence-electron chi connectivity index (χ3n) is 2.84. The molecule has 2 aromatic rings. The maximum absolute atomic E-state index is 12.7. The van der Waals surface area contributed by atoms with Crippen molar-refractivity contribution >= 4 is 21.4 Å². The zero-order valence-electron chi connectivity index (χ0n) is 11.2. The second kappa shape index (κ2) is 6.01. The van der Waals surface area contributed by atoms with Crippen molar-refractivity contribution in [3.05, 3.63) is 54.1 Å². The van der Waals surface area contributed by atoms with Gasteiger partial charge in [-0.3, -0.25) is 4.79 Å². The number of aromatic nitrogens is 1. The molecule has 7 heteroatoms. The number of pyridine rings is 1. The van der Waals surface area contributed by atoms with Crippen molar-refractivity contribution in [1.29, 1.82) is 0 Å². The van der Waals surface area contributed by atoms with Crippen molar-refractivity contribution in [2.24, 2.45) is 0 Å². The molecule has 0 unspecified atom stereocenters. The molecule has 1 amide bonds. The molecule has 0 bridgehead atoms. The average Bonchev–Trinajstić information content (AvgIpc) is 2.48. The summed E-state index contributed by atoms with van der Waals surface area (Å²) in [6.45, 7) is 1.56. The zero-order chi connectivity index (χ0) is 15.5. The molecule has 1 aromatic heterocycles. The lowest BCUT2D eigenvalue weighted by molar-refractivity contribution is 0.102. The van der Waals surface area contributed by atoms with Crippen LogP contribution in [0.25, 0.3) is 0 Å². The lowest BCUT2D eigenvalue weighted by Crippen LogP contribution is -2.12. The van der Waals surface area contributed by atoms with Gasteiger partial charge in [-0.1, -0.05) is 6.92 Å². The van der Waals surface area contributed by atoms with Crippen molar-refractivity contribution in [2.75, 3.05) is 11.1 Å². The van der Waals surface area contributed by atoms with E-state index in [1.54, 1.807) is 6.92 Å². The summed E-state index contributed by atoms with van der Waals surface area (Å²) in [5.74, 6) is -1.10. The summed E-state index contributed by atoms with van der Waals surface area (Å²) in [6, 6.07) is 8.25. The minimum atomic E-state index is -3.26. The minimum absolute atomic E-state index is 0.0138.